The molecule has 9 nitrogen and oxygen atoms in total. The summed E-state index contributed by atoms with van der Waals surface area (Å²) in [6.45, 7) is 0. The number of furan rings is 1. The van der Waals surface area contributed by atoms with Crippen LogP contribution in [-0.4, -0.2) is 36.4 Å². The maximum absolute atomic E-state index is 12.5. The molecule has 29 heavy (non-hydrogen) atoms. The Hall–Kier alpha value is -2.44. The average Bonchev–Trinajstić information content (AvgIpc) is 3.03. The molecule has 2 aromatic carbocycles. The van der Waals surface area contributed by atoms with Crippen LogP contribution in [0, 0.1) is 10.1 Å². The highest BCUT2D eigenvalue weighted by atomic mass is 35.5. The topological polar surface area (TPSA) is 143 Å². The van der Waals surface area contributed by atoms with Crippen molar-refractivity contribution in [3.8, 4) is 0 Å². The summed E-state index contributed by atoms with van der Waals surface area (Å²) in [6.07, 6.45) is 1.42. The fourth-order valence-electron chi connectivity index (χ4n) is 2.92. The van der Waals surface area contributed by atoms with Gasteiger partial charge in [-0.15, -0.1) is 0 Å². The van der Waals surface area contributed by atoms with E-state index in [4.69, 9.17) is 16.0 Å². The Kier molecular flexibility index (Phi) is 6.25. The second kappa shape index (κ2) is 8.51. The molecule has 0 saturated heterocycles. The summed E-state index contributed by atoms with van der Waals surface area (Å²) >= 11 is 5.81. The number of nitrogens with one attached hydrogen (secondary N) is 1. The normalized spacial score (nSPS) is 12.8. The summed E-state index contributed by atoms with van der Waals surface area (Å²) in [5, 5.41) is 30.7. The molecule has 152 valence electrons. The summed E-state index contributed by atoms with van der Waals surface area (Å²) in [5.41, 5.74) is 1.08. The van der Waals surface area contributed by atoms with Gasteiger partial charge in [0, 0.05) is 11.5 Å². The molecule has 3 N–H and O–H groups in total. The van der Waals surface area contributed by atoms with Crippen LogP contribution in [0.25, 0.3) is 11.0 Å². The summed E-state index contributed by atoms with van der Waals surface area (Å²) in [5.74, 6) is -1.77. The Morgan fingerprint density at radius 2 is 1.97 bits per heavy atom. The number of para-hydroxylation sites is 1. The summed E-state index contributed by atoms with van der Waals surface area (Å²) in [4.78, 5) is 10.1. The Bertz CT molecular complexity index is 1150. The summed E-state index contributed by atoms with van der Waals surface area (Å²) in [7, 11) is -5.97. The van der Waals surface area contributed by atoms with Crippen molar-refractivity contribution >= 4 is 45.4 Å². The minimum atomic E-state index is -4.01. The van der Waals surface area contributed by atoms with Crippen LogP contribution < -0.4 is 4.72 Å². The first kappa shape index (κ1) is 21.3. The van der Waals surface area contributed by atoms with Gasteiger partial charge in [0.25, 0.3) is 5.69 Å². The van der Waals surface area contributed by atoms with Gasteiger partial charge >= 0.3 is 7.12 Å². The van der Waals surface area contributed by atoms with Gasteiger partial charge in [0.05, 0.1) is 22.9 Å². The van der Waals surface area contributed by atoms with E-state index in [1.165, 1.54) is 18.4 Å². The molecule has 0 fully saturated rings. The monoisotopic (exact) mass is 438 g/mol. The Morgan fingerprint density at radius 3 is 2.62 bits per heavy atom. The molecule has 0 amide bonds. The quantitative estimate of drug-likeness (QED) is 0.277. The Morgan fingerprint density at radius 1 is 1.24 bits per heavy atom. The van der Waals surface area contributed by atoms with E-state index in [1.807, 2.05) is 0 Å². The molecule has 1 atom stereocenters. The van der Waals surface area contributed by atoms with E-state index in [0.29, 0.717) is 11.1 Å². The predicted octanol–water partition coefficient (Wildman–Crippen LogP) is 2.04. The van der Waals surface area contributed by atoms with Crippen molar-refractivity contribution in [2.75, 3.05) is 0 Å². The highest BCUT2D eigenvalue weighted by Gasteiger charge is 2.30. The lowest BCUT2D eigenvalue weighted by atomic mass is 9.77. The zero-order chi connectivity index (χ0) is 21.2. The highest BCUT2D eigenvalue weighted by Crippen LogP contribution is 2.26. The SMILES string of the molecule is O=[N+]([O-])c1ccc(CS(=O)(=O)N[C@@H](Cc2coc3ccccc23)B(O)O)cc1Cl. The number of nitro groups is 1. The molecule has 3 aromatic rings. The van der Waals surface area contributed by atoms with Gasteiger partial charge in [-0.25, -0.2) is 13.1 Å². The van der Waals surface area contributed by atoms with E-state index >= 15 is 0 Å². The molecule has 1 aromatic heterocycles. The van der Waals surface area contributed by atoms with Crippen molar-refractivity contribution in [2.45, 2.75) is 18.1 Å². The molecule has 3 rings (SSSR count). The predicted molar refractivity (Wildman–Crippen MR) is 108 cm³/mol. The Labute approximate surface area is 171 Å². The van der Waals surface area contributed by atoms with Gasteiger partial charge in [-0.2, -0.15) is 0 Å². The molecule has 0 unspecified atom stereocenters. The first-order valence-corrected chi connectivity index (χ1v) is 10.4. The van der Waals surface area contributed by atoms with Gasteiger partial charge in [0.2, 0.25) is 10.0 Å². The standard InChI is InChI=1S/C17H16BClN2O7S/c19-14-7-11(5-6-15(14)21(24)25)10-29(26,27)20-17(18(22)23)8-12-9-28-16-4-2-1-3-13(12)16/h1-7,9,17,20,22-23H,8,10H2/t17-/m0/s1. The summed E-state index contributed by atoms with van der Waals surface area (Å²) < 4.78 is 32.7. The number of fused-ring (bicyclic) bond motifs is 1. The number of nitrogens with zero attached hydrogens (tertiary/aromatic N) is 1. The van der Waals surface area contributed by atoms with E-state index in [0.717, 1.165) is 11.5 Å². The number of benzene rings is 2. The van der Waals surface area contributed by atoms with Crippen LogP contribution >= 0.6 is 11.6 Å². The van der Waals surface area contributed by atoms with Crippen molar-refractivity contribution < 1.29 is 27.8 Å². The molecular weight excluding hydrogens is 423 g/mol. The van der Waals surface area contributed by atoms with Crippen LogP contribution in [0.15, 0.2) is 53.1 Å². The average molecular weight is 439 g/mol. The maximum Gasteiger partial charge on any atom is 0.471 e. The van der Waals surface area contributed by atoms with Crippen LogP contribution in [0.2, 0.25) is 5.02 Å². The van der Waals surface area contributed by atoms with Crippen LogP contribution in [0.5, 0.6) is 0 Å². The zero-order valence-electron chi connectivity index (χ0n) is 14.9. The molecule has 12 heteroatoms. The molecule has 0 aliphatic carbocycles. The molecular formula is C17H16BClN2O7S. The van der Waals surface area contributed by atoms with E-state index < -0.39 is 33.8 Å². The van der Waals surface area contributed by atoms with Crippen molar-refractivity contribution in [1.29, 1.82) is 0 Å². The van der Waals surface area contributed by atoms with Crippen LogP contribution in [0.1, 0.15) is 11.1 Å². The van der Waals surface area contributed by atoms with E-state index in [1.54, 1.807) is 24.3 Å². The van der Waals surface area contributed by atoms with Crippen LogP contribution in [-0.2, 0) is 22.2 Å². The van der Waals surface area contributed by atoms with Crippen molar-refractivity contribution in [2.24, 2.45) is 0 Å². The molecule has 0 radical (unpaired) electrons. The lowest BCUT2D eigenvalue weighted by molar-refractivity contribution is -0.384. The lowest BCUT2D eigenvalue weighted by Gasteiger charge is -2.17. The van der Waals surface area contributed by atoms with Gasteiger partial charge in [-0.1, -0.05) is 35.9 Å². The highest BCUT2D eigenvalue weighted by molar-refractivity contribution is 7.88. The number of hydrogen-bond donors (Lipinski definition) is 3. The van der Waals surface area contributed by atoms with Crippen molar-refractivity contribution in [3.63, 3.8) is 0 Å². The number of hydrogen-bond acceptors (Lipinski definition) is 7. The van der Waals surface area contributed by atoms with Crippen molar-refractivity contribution in [1.82, 2.24) is 4.72 Å². The number of halogens is 1. The van der Waals surface area contributed by atoms with E-state index in [-0.39, 0.29) is 22.7 Å². The molecule has 0 aliphatic heterocycles. The zero-order valence-corrected chi connectivity index (χ0v) is 16.4. The van der Waals surface area contributed by atoms with Crippen LogP contribution in [0.3, 0.4) is 0 Å². The van der Waals surface area contributed by atoms with Gasteiger partial charge in [-0.05, 0) is 29.7 Å². The first-order valence-electron chi connectivity index (χ1n) is 8.40. The smallest absolute Gasteiger partial charge is 0.464 e. The van der Waals surface area contributed by atoms with Gasteiger partial charge in [0.1, 0.15) is 10.6 Å². The van der Waals surface area contributed by atoms with Gasteiger partial charge in [-0.3, -0.25) is 10.1 Å². The molecule has 0 spiro atoms. The van der Waals surface area contributed by atoms with E-state index in [2.05, 4.69) is 4.72 Å². The largest absolute Gasteiger partial charge is 0.471 e. The lowest BCUT2D eigenvalue weighted by Crippen LogP contribution is -2.48. The fourth-order valence-corrected chi connectivity index (χ4v) is 4.56. The van der Waals surface area contributed by atoms with Crippen molar-refractivity contribution in [3.05, 3.63) is 75.0 Å². The minimum Gasteiger partial charge on any atom is -0.464 e. The second-order valence-corrected chi connectivity index (χ2v) is 8.56. The third-order valence-electron chi connectivity index (χ3n) is 4.26. The van der Waals surface area contributed by atoms with Gasteiger partial charge in [0.15, 0.2) is 0 Å². The fraction of sp³-hybridized carbons (Fsp3) is 0.176. The minimum absolute atomic E-state index is 0.0189. The maximum atomic E-state index is 12.5. The number of sulfonamides is 1. The number of nitro benzene ring substituents is 1. The molecule has 0 aliphatic rings. The third kappa shape index (κ3) is 5.14. The van der Waals surface area contributed by atoms with E-state index in [9.17, 15) is 28.6 Å². The molecule has 0 bridgehead atoms. The first-order chi connectivity index (χ1) is 13.7. The second-order valence-electron chi connectivity index (χ2n) is 6.40. The Balaban J connectivity index is 1.77. The summed E-state index contributed by atoms with van der Waals surface area (Å²) in [6, 6.07) is 10.7. The molecule has 1 heterocycles. The number of rotatable bonds is 8. The third-order valence-corrected chi connectivity index (χ3v) is 5.94. The molecule has 0 saturated carbocycles. The van der Waals surface area contributed by atoms with Crippen LogP contribution in [0.4, 0.5) is 5.69 Å². The van der Waals surface area contributed by atoms with Gasteiger partial charge < -0.3 is 14.5 Å².